The molecule has 2 aromatic rings. The first-order valence-electron chi connectivity index (χ1n) is 6.38. The summed E-state index contributed by atoms with van der Waals surface area (Å²) in [6.45, 7) is 7.69. The summed E-state index contributed by atoms with van der Waals surface area (Å²) in [5, 5.41) is -0.109. The molecule has 0 saturated heterocycles. The molecule has 4 nitrogen and oxygen atoms in total. The fraction of sp³-hybridized carbons (Fsp3) is 0.333. The predicted octanol–water partition coefficient (Wildman–Crippen LogP) is 2.68. The summed E-state index contributed by atoms with van der Waals surface area (Å²) in [7, 11) is -3.51. The lowest BCUT2D eigenvalue weighted by Gasteiger charge is -2.11. The van der Waals surface area contributed by atoms with Gasteiger partial charge in [-0.3, -0.25) is 0 Å². The summed E-state index contributed by atoms with van der Waals surface area (Å²) >= 11 is 0. The Hall–Kier alpha value is -1.75. The van der Waals surface area contributed by atoms with E-state index in [1.165, 1.54) is 12.4 Å². The SMILES string of the molecule is Cc1cnc(S(=O)(=O)Cc2c(C)cc(C)cc2C)nc1. The van der Waals surface area contributed by atoms with E-state index < -0.39 is 9.84 Å². The van der Waals surface area contributed by atoms with E-state index in [0.29, 0.717) is 0 Å². The highest BCUT2D eigenvalue weighted by Crippen LogP contribution is 2.21. The molecule has 5 heteroatoms. The monoisotopic (exact) mass is 290 g/mol. The van der Waals surface area contributed by atoms with E-state index in [0.717, 1.165) is 27.8 Å². The Morgan fingerprint density at radius 3 is 1.90 bits per heavy atom. The van der Waals surface area contributed by atoms with E-state index in [4.69, 9.17) is 0 Å². The van der Waals surface area contributed by atoms with Crippen LogP contribution in [-0.2, 0) is 15.6 Å². The molecule has 0 unspecified atom stereocenters. The maximum Gasteiger partial charge on any atom is 0.247 e. The first-order chi connectivity index (χ1) is 9.29. The van der Waals surface area contributed by atoms with Crippen molar-refractivity contribution in [2.24, 2.45) is 0 Å². The van der Waals surface area contributed by atoms with Gasteiger partial charge in [0.2, 0.25) is 15.0 Å². The molecule has 0 aliphatic rings. The quantitative estimate of drug-likeness (QED) is 0.815. The summed E-state index contributed by atoms with van der Waals surface area (Å²) in [5.74, 6) is -0.0615. The average Bonchev–Trinajstić information content (AvgIpc) is 2.34. The standard InChI is InChI=1S/C15H18N2O2S/c1-10-5-12(3)14(13(4)6-10)9-20(18,19)15-16-7-11(2)8-17-15/h5-8H,9H2,1-4H3. The highest BCUT2D eigenvalue weighted by atomic mass is 32.2. The highest BCUT2D eigenvalue weighted by Gasteiger charge is 2.20. The topological polar surface area (TPSA) is 59.9 Å². The largest absolute Gasteiger partial charge is 0.247 e. The van der Waals surface area contributed by atoms with Crippen LogP contribution in [0.5, 0.6) is 0 Å². The molecule has 1 heterocycles. The van der Waals surface area contributed by atoms with Crippen LogP contribution in [0, 0.1) is 27.7 Å². The van der Waals surface area contributed by atoms with Crippen molar-refractivity contribution >= 4 is 9.84 Å². The third-order valence-electron chi connectivity index (χ3n) is 3.21. The molecule has 1 aromatic heterocycles. The lowest BCUT2D eigenvalue weighted by Crippen LogP contribution is -2.11. The van der Waals surface area contributed by atoms with Gasteiger partial charge in [-0.2, -0.15) is 0 Å². The fourth-order valence-corrected chi connectivity index (χ4v) is 3.62. The van der Waals surface area contributed by atoms with Crippen molar-refractivity contribution in [3.8, 4) is 0 Å². The number of aryl methyl sites for hydroxylation is 4. The van der Waals surface area contributed by atoms with Gasteiger partial charge in [0.05, 0.1) is 5.75 Å². The number of nitrogens with zero attached hydrogens (tertiary/aromatic N) is 2. The molecule has 0 atom stereocenters. The Morgan fingerprint density at radius 1 is 0.900 bits per heavy atom. The summed E-state index contributed by atoms with van der Waals surface area (Å²) < 4.78 is 24.8. The van der Waals surface area contributed by atoms with Crippen molar-refractivity contribution in [2.75, 3.05) is 0 Å². The maximum atomic E-state index is 12.4. The third kappa shape index (κ3) is 3.04. The maximum absolute atomic E-state index is 12.4. The normalized spacial score (nSPS) is 11.6. The van der Waals surface area contributed by atoms with Crippen LogP contribution in [0.15, 0.2) is 29.7 Å². The summed E-state index contributed by atoms with van der Waals surface area (Å²) in [6, 6.07) is 3.99. The molecular formula is C15H18N2O2S. The molecule has 106 valence electrons. The molecule has 0 N–H and O–H groups in total. The molecule has 0 amide bonds. The van der Waals surface area contributed by atoms with Crippen molar-refractivity contribution in [3.05, 3.63) is 52.3 Å². The summed E-state index contributed by atoms with van der Waals surface area (Å²) in [5.41, 5.74) is 4.77. The Kier molecular flexibility index (Phi) is 3.90. The average molecular weight is 290 g/mol. The van der Waals surface area contributed by atoms with Crippen LogP contribution in [0.3, 0.4) is 0 Å². The molecule has 0 radical (unpaired) electrons. The van der Waals surface area contributed by atoms with Gasteiger partial charge in [-0.05, 0) is 49.9 Å². The van der Waals surface area contributed by atoms with Gasteiger partial charge in [-0.15, -0.1) is 0 Å². The molecule has 0 saturated carbocycles. The van der Waals surface area contributed by atoms with Gasteiger partial charge in [0.1, 0.15) is 0 Å². The van der Waals surface area contributed by atoms with Gasteiger partial charge in [0.15, 0.2) is 0 Å². The second-order valence-corrected chi connectivity index (χ2v) is 7.06. The van der Waals surface area contributed by atoms with E-state index in [9.17, 15) is 8.42 Å². The van der Waals surface area contributed by atoms with Crippen LogP contribution in [0.4, 0.5) is 0 Å². The van der Waals surface area contributed by atoms with Crippen LogP contribution >= 0.6 is 0 Å². The Morgan fingerprint density at radius 2 is 1.40 bits per heavy atom. The highest BCUT2D eigenvalue weighted by molar-refractivity contribution is 7.90. The number of aromatic nitrogens is 2. The van der Waals surface area contributed by atoms with Crippen LogP contribution in [0.25, 0.3) is 0 Å². The summed E-state index contributed by atoms with van der Waals surface area (Å²) in [4.78, 5) is 7.85. The van der Waals surface area contributed by atoms with E-state index in [2.05, 4.69) is 9.97 Å². The molecule has 0 spiro atoms. The minimum absolute atomic E-state index is 0.0615. The number of hydrogen-bond donors (Lipinski definition) is 0. The molecule has 0 fully saturated rings. The van der Waals surface area contributed by atoms with Crippen LogP contribution in [0.1, 0.15) is 27.8 Å². The molecule has 0 bridgehead atoms. The van der Waals surface area contributed by atoms with Gasteiger partial charge in [0.25, 0.3) is 0 Å². The molecule has 20 heavy (non-hydrogen) atoms. The second-order valence-electron chi connectivity index (χ2n) is 5.18. The lowest BCUT2D eigenvalue weighted by atomic mass is 10.0. The Bertz CT molecular complexity index is 712. The van der Waals surface area contributed by atoms with Crippen molar-refractivity contribution in [1.82, 2.24) is 9.97 Å². The first-order valence-corrected chi connectivity index (χ1v) is 8.03. The summed E-state index contributed by atoms with van der Waals surface area (Å²) in [6.07, 6.45) is 3.05. The van der Waals surface area contributed by atoms with Crippen molar-refractivity contribution in [2.45, 2.75) is 38.6 Å². The number of hydrogen-bond acceptors (Lipinski definition) is 4. The van der Waals surface area contributed by atoms with Crippen molar-refractivity contribution in [1.29, 1.82) is 0 Å². The number of rotatable bonds is 3. The second kappa shape index (κ2) is 5.32. The number of benzene rings is 1. The zero-order valence-electron chi connectivity index (χ0n) is 12.1. The van der Waals surface area contributed by atoms with Gasteiger partial charge in [-0.1, -0.05) is 17.7 Å². The van der Waals surface area contributed by atoms with Gasteiger partial charge in [-0.25, -0.2) is 18.4 Å². The predicted molar refractivity (Wildman–Crippen MR) is 78.3 cm³/mol. The van der Waals surface area contributed by atoms with E-state index in [1.807, 2.05) is 39.8 Å². The molecule has 0 aliphatic carbocycles. The van der Waals surface area contributed by atoms with Gasteiger partial charge >= 0.3 is 0 Å². The smallest absolute Gasteiger partial charge is 0.227 e. The molecule has 1 aromatic carbocycles. The minimum atomic E-state index is -3.51. The fourth-order valence-electron chi connectivity index (χ4n) is 2.23. The zero-order chi connectivity index (χ0) is 14.9. The van der Waals surface area contributed by atoms with Gasteiger partial charge < -0.3 is 0 Å². The molecular weight excluding hydrogens is 272 g/mol. The van der Waals surface area contributed by atoms with Crippen LogP contribution < -0.4 is 0 Å². The van der Waals surface area contributed by atoms with E-state index in [1.54, 1.807) is 0 Å². The van der Waals surface area contributed by atoms with Crippen molar-refractivity contribution in [3.63, 3.8) is 0 Å². The van der Waals surface area contributed by atoms with Crippen LogP contribution in [0.2, 0.25) is 0 Å². The zero-order valence-corrected chi connectivity index (χ0v) is 13.0. The molecule has 2 rings (SSSR count). The lowest BCUT2D eigenvalue weighted by molar-refractivity contribution is 0.585. The molecule has 0 aliphatic heterocycles. The van der Waals surface area contributed by atoms with E-state index in [-0.39, 0.29) is 10.9 Å². The number of sulfone groups is 1. The first kappa shape index (κ1) is 14.7. The van der Waals surface area contributed by atoms with E-state index >= 15 is 0 Å². The third-order valence-corrected chi connectivity index (χ3v) is 4.65. The Labute approximate surface area is 119 Å². The van der Waals surface area contributed by atoms with Gasteiger partial charge in [0, 0.05) is 12.4 Å². The van der Waals surface area contributed by atoms with Crippen LogP contribution in [-0.4, -0.2) is 18.4 Å². The van der Waals surface area contributed by atoms with Crippen molar-refractivity contribution < 1.29 is 8.42 Å². The minimum Gasteiger partial charge on any atom is -0.227 e. The Balaban J connectivity index is 2.41.